The van der Waals surface area contributed by atoms with Crippen LogP contribution in [0.2, 0.25) is 0 Å². The van der Waals surface area contributed by atoms with Gasteiger partial charge in [-0.3, -0.25) is 19.5 Å². The molecule has 0 saturated carbocycles. The maximum absolute atomic E-state index is 13.0. The third-order valence-corrected chi connectivity index (χ3v) is 5.34. The second-order valence-electron chi connectivity index (χ2n) is 7.92. The highest BCUT2D eigenvalue weighted by atomic mass is 32.2. The molecule has 37 heavy (non-hydrogen) atoms. The Hall–Kier alpha value is -3.19. The molecule has 1 unspecified atom stereocenters. The zero-order valence-electron chi connectivity index (χ0n) is 19.6. The number of ether oxygens (including phenoxy) is 1. The van der Waals surface area contributed by atoms with Crippen LogP contribution < -0.4 is 19.9 Å². The number of hydrogen-bond acceptors (Lipinski definition) is 5. The number of amides is 2. The quantitative estimate of drug-likeness (QED) is 0.190. The molecule has 0 spiro atoms. The number of rotatable bonds is 7. The molecule has 1 aliphatic rings. The van der Waals surface area contributed by atoms with Crippen molar-refractivity contribution >= 4 is 29.5 Å². The average molecular weight is 550 g/mol. The van der Waals surface area contributed by atoms with E-state index >= 15 is 0 Å². The van der Waals surface area contributed by atoms with Gasteiger partial charge in [0.1, 0.15) is 17.4 Å². The van der Waals surface area contributed by atoms with Crippen LogP contribution in [0.3, 0.4) is 0 Å². The Morgan fingerprint density at radius 1 is 1.08 bits per heavy atom. The van der Waals surface area contributed by atoms with Crippen molar-refractivity contribution in [3.63, 3.8) is 0 Å². The largest absolute Gasteiger partial charge is 0.494 e. The third-order valence-electron chi connectivity index (χ3n) is 5.03. The van der Waals surface area contributed by atoms with Crippen LogP contribution in [0.1, 0.15) is 30.4 Å². The summed E-state index contributed by atoms with van der Waals surface area (Å²) >= 11 is 0.476. The lowest BCUT2D eigenvalue weighted by molar-refractivity contribution is -0.160. The standard InChI is InChI=1S/C14H14F3N3O2S.C10H11F3O/c1-7-2-4-8(5-3-7)9-6-10(14(15,16)17)19-12(21)11(9)13(22)20-23-18;11-10(12,13)7-4-8-14-9-5-2-1-3-6-9/h2-5,10H,6,18H2,1H3,(H,19,21)(H,20,22);1-3,5-6H,4,7-8H2. The van der Waals surface area contributed by atoms with E-state index in [2.05, 4.69) is 4.72 Å². The number of halogens is 6. The average Bonchev–Trinajstić information content (AvgIpc) is 2.82. The lowest BCUT2D eigenvalue weighted by Gasteiger charge is -2.29. The summed E-state index contributed by atoms with van der Waals surface area (Å²) in [5.74, 6) is -1.29. The van der Waals surface area contributed by atoms with Gasteiger partial charge in [0.25, 0.3) is 11.8 Å². The number of para-hydroxylation sites is 1. The second kappa shape index (κ2) is 13.4. The van der Waals surface area contributed by atoms with E-state index in [1.165, 1.54) is 0 Å². The minimum atomic E-state index is -4.60. The summed E-state index contributed by atoms with van der Waals surface area (Å²) < 4.78 is 81.4. The van der Waals surface area contributed by atoms with E-state index in [-0.39, 0.29) is 24.2 Å². The molecule has 0 saturated heterocycles. The Morgan fingerprint density at radius 3 is 2.24 bits per heavy atom. The molecular formula is C24H25F6N3O3S. The summed E-state index contributed by atoms with van der Waals surface area (Å²) in [5.41, 5.74) is 0.993. The van der Waals surface area contributed by atoms with Gasteiger partial charge in [0.15, 0.2) is 0 Å². The molecule has 0 aromatic heterocycles. The Morgan fingerprint density at radius 2 is 1.70 bits per heavy atom. The van der Waals surface area contributed by atoms with Crippen molar-refractivity contribution in [3.8, 4) is 5.75 Å². The van der Waals surface area contributed by atoms with Crippen molar-refractivity contribution in [1.82, 2.24) is 10.0 Å². The Labute approximate surface area is 213 Å². The van der Waals surface area contributed by atoms with Gasteiger partial charge in [0, 0.05) is 25.0 Å². The third kappa shape index (κ3) is 10.00. The summed E-state index contributed by atoms with van der Waals surface area (Å²) in [7, 11) is 0. The first-order valence-electron chi connectivity index (χ1n) is 10.9. The summed E-state index contributed by atoms with van der Waals surface area (Å²) in [5, 5.41) is 6.96. The van der Waals surface area contributed by atoms with Gasteiger partial charge in [-0.05, 0) is 36.6 Å². The number of alkyl halides is 6. The number of hydrogen-bond donors (Lipinski definition) is 3. The Bertz CT molecular complexity index is 1070. The first-order valence-corrected chi connectivity index (χ1v) is 11.8. The van der Waals surface area contributed by atoms with Crippen LogP contribution >= 0.6 is 12.1 Å². The molecule has 0 fully saturated rings. The van der Waals surface area contributed by atoms with Crippen molar-refractivity contribution in [2.75, 3.05) is 6.61 Å². The molecule has 0 bridgehead atoms. The molecule has 2 amide bonds. The minimum absolute atomic E-state index is 0.00159. The van der Waals surface area contributed by atoms with E-state index in [1.807, 2.05) is 18.3 Å². The number of aryl methyl sites for hydroxylation is 1. The van der Waals surface area contributed by atoms with Crippen LogP contribution in [-0.2, 0) is 9.59 Å². The number of carbonyl (C=O) groups excluding carboxylic acids is 2. The first-order chi connectivity index (χ1) is 17.3. The normalized spacial score (nSPS) is 15.9. The van der Waals surface area contributed by atoms with Crippen LogP contribution in [0.4, 0.5) is 26.3 Å². The SMILES string of the molecule is Cc1ccc(C2=C(C(=O)NSN)C(=O)NC(C(F)(F)F)C2)cc1.FC(F)(F)CCCOc1ccccc1. The molecule has 2 aromatic carbocycles. The van der Waals surface area contributed by atoms with Gasteiger partial charge in [0.2, 0.25) is 0 Å². The number of carbonyl (C=O) groups is 2. The minimum Gasteiger partial charge on any atom is -0.494 e. The molecule has 1 atom stereocenters. The van der Waals surface area contributed by atoms with Crippen LogP contribution in [0.15, 0.2) is 60.2 Å². The zero-order chi connectivity index (χ0) is 27.6. The Balaban J connectivity index is 0.000000294. The number of benzene rings is 2. The molecule has 1 aliphatic heterocycles. The zero-order valence-corrected chi connectivity index (χ0v) is 20.4. The molecule has 2 aromatic rings. The van der Waals surface area contributed by atoms with Crippen molar-refractivity contribution in [3.05, 3.63) is 71.3 Å². The molecule has 3 rings (SSSR count). The van der Waals surface area contributed by atoms with Crippen LogP contribution in [-0.4, -0.2) is 36.8 Å². The van der Waals surface area contributed by atoms with Crippen molar-refractivity contribution < 1.29 is 40.7 Å². The van der Waals surface area contributed by atoms with Crippen LogP contribution in [0.25, 0.3) is 5.57 Å². The highest BCUT2D eigenvalue weighted by Gasteiger charge is 2.45. The first kappa shape index (κ1) is 30.0. The highest BCUT2D eigenvalue weighted by Crippen LogP contribution is 2.34. The molecule has 202 valence electrons. The summed E-state index contributed by atoms with van der Waals surface area (Å²) in [6.45, 7) is 1.92. The predicted octanol–water partition coefficient (Wildman–Crippen LogP) is 5.25. The van der Waals surface area contributed by atoms with Crippen molar-refractivity contribution in [2.45, 2.75) is 44.6 Å². The van der Waals surface area contributed by atoms with Gasteiger partial charge in [-0.2, -0.15) is 26.3 Å². The maximum atomic E-state index is 13.0. The van der Waals surface area contributed by atoms with E-state index in [0.717, 1.165) is 5.56 Å². The Kier molecular flexibility index (Phi) is 10.9. The molecule has 6 nitrogen and oxygen atoms in total. The predicted molar refractivity (Wildman–Crippen MR) is 128 cm³/mol. The van der Waals surface area contributed by atoms with Crippen molar-refractivity contribution in [1.29, 1.82) is 0 Å². The van der Waals surface area contributed by atoms with Crippen LogP contribution in [0, 0.1) is 6.92 Å². The van der Waals surface area contributed by atoms with Gasteiger partial charge in [-0.15, -0.1) is 0 Å². The van der Waals surface area contributed by atoms with E-state index in [9.17, 15) is 35.9 Å². The van der Waals surface area contributed by atoms with Crippen molar-refractivity contribution in [2.24, 2.45) is 5.14 Å². The topological polar surface area (TPSA) is 93.5 Å². The van der Waals surface area contributed by atoms with E-state index in [1.54, 1.807) is 48.5 Å². The number of nitrogens with one attached hydrogen (secondary N) is 2. The maximum Gasteiger partial charge on any atom is 0.408 e. The van der Waals surface area contributed by atoms with Gasteiger partial charge < -0.3 is 10.1 Å². The summed E-state index contributed by atoms with van der Waals surface area (Å²) in [6.07, 6.45) is -10.00. The lowest BCUT2D eigenvalue weighted by atomic mass is 9.89. The molecule has 4 N–H and O–H groups in total. The highest BCUT2D eigenvalue weighted by molar-refractivity contribution is 7.95. The monoisotopic (exact) mass is 549 g/mol. The van der Waals surface area contributed by atoms with Gasteiger partial charge >= 0.3 is 12.4 Å². The molecular weight excluding hydrogens is 524 g/mol. The van der Waals surface area contributed by atoms with Gasteiger partial charge in [-0.25, -0.2) is 0 Å². The molecule has 0 radical (unpaired) electrons. The van der Waals surface area contributed by atoms with E-state index in [0.29, 0.717) is 23.4 Å². The summed E-state index contributed by atoms with van der Waals surface area (Å²) in [6, 6.07) is 13.3. The lowest BCUT2D eigenvalue weighted by Crippen LogP contribution is -2.50. The van der Waals surface area contributed by atoms with Crippen LogP contribution in [0.5, 0.6) is 5.75 Å². The molecule has 1 heterocycles. The van der Waals surface area contributed by atoms with Gasteiger partial charge in [-0.1, -0.05) is 48.0 Å². The molecule has 0 aliphatic carbocycles. The fraction of sp³-hybridized carbons (Fsp3) is 0.333. The van der Waals surface area contributed by atoms with Gasteiger partial charge in [0.05, 0.1) is 6.61 Å². The fourth-order valence-corrected chi connectivity index (χ4v) is 3.47. The number of nitrogens with two attached hydrogens (primary N) is 1. The fourth-order valence-electron chi connectivity index (χ4n) is 3.26. The van der Waals surface area contributed by atoms with E-state index in [4.69, 9.17) is 9.88 Å². The summed E-state index contributed by atoms with van der Waals surface area (Å²) in [4.78, 5) is 24.0. The second-order valence-corrected chi connectivity index (χ2v) is 8.36. The van der Waals surface area contributed by atoms with E-state index < -0.39 is 43.1 Å². The smallest absolute Gasteiger partial charge is 0.408 e. The molecule has 13 heteroatoms.